The number of nitrogens with zero attached hydrogens (tertiary/aromatic N) is 3. The average molecular weight is 1270 g/mol. The molecular formula is C61H88ClN15O13. The fraction of sp³-hybridized carbons (Fsp3) is 0.492. The van der Waals surface area contributed by atoms with Gasteiger partial charge < -0.3 is 89.7 Å². The summed E-state index contributed by atoms with van der Waals surface area (Å²) in [5.41, 5.74) is 26.1. The van der Waals surface area contributed by atoms with E-state index in [0.29, 0.717) is 34.7 Å². The first kappa shape index (κ1) is 73.4. The standard InChI is InChI=1S/C61H88ClN15O13/c1-6-77(30-10-11-37(2)71-47-26-29-68-50-34-43(62)20-23-45(47)50)31-32-88-61(87)90-36-42-16-14-41(15-17-42)35-89-60(86)70-27-8-7-12-48(74-55(82)46(63)24-25-52(64)79)58(85)75-49(13-9-28-69-59(65)66)57(84)73-38(3)53(80)72-39(4)54(81)76-51(56(83)67-5)33-40-18-21-44(78)22-19-40/h14-23,26,29,34,37-39,46,48-49,51,78H,6-13,24-25,27-28,30-33,35-36,63H2,1-5H3,(H2,64,79)(H,67,83)(H,68,71)(H,70,86)(H,72,80)(H,73,84)(H,74,82)(H,75,85)(H,76,81)(H4,65,66,69)/t37?,38-,39-,46-,48-,49-,51-/m0/s1. The lowest BCUT2D eigenvalue weighted by Crippen LogP contribution is -2.58. The second-order valence-electron chi connectivity index (χ2n) is 21.5. The zero-order chi connectivity index (χ0) is 66.1. The fourth-order valence-electron chi connectivity index (χ4n) is 9.02. The van der Waals surface area contributed by atoms with Crippen LogP contribution in [0.3, 0.4) is 0 Å². The number of guanidine groups is 1. The largest absolute Gasteiger partial charge is 0.508 e. The fourth-order valence-corrected chi connectivity index (χ4v) is 9.19. The summed E-state index contributed by atoms with van der Waals surface area (Å²) >= 11 is 6.15. The van der Waals surface area contributed by atoms with Crippen LogP contribution in [0.5, 0.6) is 5.75 Å². The number of pyridine rings is 1. The Hall–Kier alpha value is -9.02. The number of rotatable bonds is 39. The number of alkyl carbamates (subject to hydrolysis) is 1. The number of unbranched alkanes of at least 4 members (excludes halogenated alkanes) is 1. The number of primary amides is 1. The molecule has 0 fully saturated rings. The Balaban J connectivity index is 1.22. The van der Waals surface area contributed by atoms with Crippen molar-refractivity contribution < 1.29 is 62.5 Å². The first-order valence-corrected chi connectivity index (χ1v) is 30.2. The van der Waals surface area contributed by atoms with Crippen LogP contribution in [0, 0.1) is 0 Å². The molecule has 0 aliphatic rings. The Labute approximate surface area is 528 Å². The van der Waals surface area contributed by atoms with Gasteiger partial charge in [0.2, 0.25) is 41.4 Å². The maximum atomic E-state index is 14.0. The summed E-state index contributed by atoms with van der Waals surface area (Å²) in [6.45, 7) is 9.30. The number of phenolic OH excluding ortho intramolecular Hbond substituents is 1. The predicted molar refractivity (Wildman–Crippen MR) is 339 cm³/mol. The third-order valence-corrected chi connectivity index (χ3v) is 14.5. The van der Waals surface area contributed by atoms with Gasteiger partial charge in [-0.05, 0) is 138 Å². The molecule has 8 amide bonds. The monoisotopic (exact) mass is 1270 g/mol. The molecule has 28 nitrogen and oxygen atoms in total. The third kappa shape index (κ3) is 27.6. The molecule has 492 valence electrons. The van der Waals surface area contributed by atoms with E-state index < -0.39 is 89.8 Å². The molecule has 0 aliphatic heterocycles. The lowest BCUT2D eigenvalue weighted by Gasteiger charge is -2.26. The van der Waals surface area contributed by atoms with Crippen molar-refractivity contribution in [3.63, 3.8) is 0 Å². The summed E-state index contributed by atoms with van der Waals surface area (Å²) in [5, 5.41) is 32.9. The second kappa shape index (κ2) is 39.1. The van der Waals surface area contributed by atoms with E-state index in [2.05, 4.69) is 71.3 Å². The molecule has 17 N–H and O–H groups in total. The van der Waals surface area contributed by atoms with Crippen LogP contribution in [-0.2, 0) is 67.4 Å². The van der Waals surface area contributed by atoms with E-state index in [9.17, 15) is 48.3 Å². The van der Waals surface area contributed by atoms with Gasteiger partial charge in [0.25, 0.3) is 0 Å². The van der Waals surface area contributed by atoms with Crippen molar-refractivity contribution in [3.8, 4) is 5.75 Å². The van der Waals surface area contributed by atoms with E-state index in [1.807, 2.05) is 24.3 Å². The van der Waals surface area contributed by atoms with Gasteiger partial charge in [0.05, 0.1) is 11.6 Å². The Morgan fingerprint density at radius 3 is 1.90 bits per heavy atom. The number of nitrogens with two attached hydrogens (primary N) is 4. The molecule has 0 spiro atoms. The predicted octanol–water partition coefficient (Wildman–Crippen LogP) is 2.35. The number of amides is 8. The number of fused-ring (bicyclic) bond motifs is 1. The molecule has 1 aromatic heterocycles. The molecule has 1 heterocycles. The quantitative estimate of drug-likeness (QED) is 0.0132. The number of benzene rings is 3. The highest BCUT2D eigenvalue weighted by atomic mass is 35.5. The Morgan fingerprint density at radius 1 is 0.656 bits per heavy atom. The molecule has 7 atom stereocenters. The van der Waals surface area contributed by atoms with Gasteiger partial charge >= 0.3 is 12.2 Å². The van der Waals surface area contributed by atoms with Crippen molar-refractivity contribution in [2.45, 2.75) is 147 Å². The number of hydrogen-bond acceptors (Lipinski definition) is 18. The lowest BCUT2D eigenvalue weighted by atomic mass is 10.0. The number of aromatic nitrogens is 1. The molecule has 90 heavy (non-hydrogen) atoms. The number of carbonyl (C=O) groups is 9. The van der Waals surface area contributed by atoms with Crippen LogP contribution in [0.4, 0.5) is 15.3 Å². The first-order valence-electron chi connectivity index (χ1n) is 29.9. The summed E-state index contributed by atoms with van der Waals surface area (Å²) < 4.78 is 16.0. The van der Waals surface area contributed by atoms with Crippen molar-refractivity contribution in [2.24, 2.45) is 27.9 Å². The number of ether oxygens (including phenoxy) is 3. The number of aromatic hydroxyl groups is 1. The highest BCUT2D eigenvalue weighted by Gasteiger charge is 2.31. The molecule has 0 saturated carbocycles. The molecule has 0 saturated heterocycles. The van der Waals surface area contributed by atoms with E-state index in [4.69, 9.17) is 48.7 Å². The summed E-state index contributed by atoms with van der Waals surface area (Å²) in [6.07, 6.45) is 2.50. The molecule has 0 radical (unpaired) electrons. The normalized spacial score (nSPS) is 13.3. The van der Waals surface area contributed by atoms with Gasteiger partial charge in [-0.25, -0.2) is 9.59 Å². The van der Waals surface area contributed by atoms with E-state index in [0.717, 1.165) is 42.5 Å². The third-order valence-electron chi connectivity index (χ3n) is 14.2. The van der Waals surface area contributed by atoms with Crippen LogP contribution in [0.2, 0.25) is 5.02 Å². The minimum absolute atomic E-state index is 0.0125. The molecule has 3 aromatic carbocycles. The number of anilines is 1. The zero-order valence-electron chi connectivity index (χ0n) is 51.7. The summed E-state index contributed by atoms with van der Waals surface area (Å²) in [5.74, 6) is -5.29. The van der Waals surface area contributed by atoms with Gasteiger partial charge in [0.1, 0.15) is 55.8 Å². The topological polar surface area (TPSA) is 430 Å². The van der Waals surface area contributed by atoms with E-state index in [1.54, 1.807) is 42.6 Å². The summed E-state index contributed by atoms with van der Waals surface area (Å²) in [7, 11) is 1.40. The van der Waals surface area contributed by atoms with Gasteiger partial charge in [-0.1, -0.05) is 54.9 Å². The molecule has 29 heteroatoms. The Bertz CT molecular complexity index is 3030. The Morgan fingerprint density at radius 2 is 1.26 bits per heavy atom. The lowest BCUT2D eigenvalue weighted by molar-refractivity contribution is -0.135. The SMILES string of the molecule is CCN(CCCC(C)Nc1ccnc2cc(Cl)ccc12)CCOC(=O)OCc1ccc(COC(=O)NCCCC[C@H](NC(=O)[C@@H](N)CCC(N)=O)C(=O)N[C@@H](CCCN=C(N)N)C(=O)N[C@@H](C)C(=O)N[C@@H](C)C(=O)N[C@@H](Cc2ccc(O)cc2)C(=O)NC)cc1. The number of hydrogen-bond donors (Lipinski definition) is 13. The van der Waals surface area contributed by atoms with Gasteiger partial charge in [0.15, 0.2) is 5.96 Å². The second-order valence-corrected chi connectivity index (χ2v) is 22.0. The van der Waals surface area contributed by atoms with Gasteiger partial charge in [-0.2, -0.15) is 0 Å². The minimum Gasteiger partial charge on any atom is -0.508 e. The zero-order valence-corrected chi connectivity index (χ0v) is 52.4. The van der Waals surface area contributed by atoms with Crippen molar-refractivity contribution in [1.29, 1.82) is 0 Å². The van der Waals surface area contributed by atoms with Crippen LogP contribution in [0.1, 0.15) is 102 Å². The van der Waals surface area contributed by atoms with Crippen molar-refractivity contribution in [2.75, 3.05) is 51.7 Å². The highest BCUT2D eigenvalue weighted by Crippen LogP contribution is 2.25. The number of aliphatic imine (C=N–C) groups is 1. The minimum atomic E-state index is -1.32. The van der Waals surface area contributed by atoms with Crippen LogP contribution in [0.15, 0.2) is 84.0 Å². The molecular weight excluding hydrogens is 1190 g/mol. The van der Waals surface area contributed by atoms with Crippen LogP contribution in [0.25, 0.3) is 10.9 Å². The van der Waals surface area contributed by atoms with Crippen LogP contribution >= 0.6 is 11.6 Å². The number of likely N-dealkylation sites (N-methyl/N-ethyl adjacent to an activating group) is 2. The van der Waals surface area contributed by atoms with Crippen molar-refractivity contribution in [3.05, 3.63) is 101 Å². The summed E-state index contributed by atoms with van der Waals surface area (Å²) in [6, 6.07) is 13.4. The Kier molecular flexibility index (Phi) is 31.9. The van der Waals surface area contributed by atoms with Gasteiger partial charge in [0, 0.05) is 67.9 Å². The molecule has 1 unspecified atom stereocenters. The van der Waals surface area contributed by atoms with Crippen LogP contribution in [-0.4, -0.2) is 163 Å². The first-order chi connectivity index (χ1) is 42.9. The smallest absolute Gasteiger partial charge is 0.508 e. The van der Waals surface area contributed by atoms with Crippen molar-refractivity contribution >= 4 is 87.7 Å². The van der Waals surface area contributed by atoms with E-state index in [1.165, 1.54) is 33.0 Å². The number of phenols is 1. The highest BCUT2D eigenvalue weighted by molar-refractivity contribution is 6.31. The van der Waals surface area contributed by atoms with Crippen molar-refractivity contribution in [1.82, 2.24) is 47.1 Å². The maximum Gasteiger partial charge on any atom is 0.508 e. The average Bonchev–Trinajstić information content (AvgIpc) is 1.68. The number of halogens is 1. The van der Waals surface area contributed by atoms with Crippen LogP contribution < -0.4 is 65.5 Å². The molecule has 4 rings (SSSR count). The maximum absolute atomic E-state index is 14.0. The molecule has 0 aliphatic carbocycles. The van der Waals surface area contributed by atoms with E-state index >= 15 is 0 Å². The molecule has 4 aromatic rings. The van der Waals surface area contributed by atoms with Gasteiger partial charge in [-0.3, -0.25) is 43.5 Å². The number of nitrogens with one attached hydrogen (secondary N) is 8. The molecule has 0 bridgehead atoms. The number of carbonyl (C=O) groups excluding carboxylic acids is 9. The summed E-state index contributed by atoms with van der Waals surface area (Å²) in [4.78, 5) is 127. The van der Waals surface area contributed by atoms with E-state index in [-0.39, 0.29) is 95.6 Å². The van der Waals surface area contributed by atoms with Gasteiger partial charge in [-0.15, -0.1) is 0 Å².